The molecule has 0 spiro atoms. The van der Waals surface area contributed by atoms with Gasteiger partial charge in [-0.15, -0.1) is 0 Å². The van der Waals surface area contributed by atoms with Gasteiger partial charge in [0.15, 0.2) is 11.6 Å². The molecule has 0 radical (unpaired) electrons. The third kappa shape index (κ3) is 3.11. The number of hydrogen-bond donors (Lipinski definition) is 1. The second-order valence-electron chi connectivity index (χ2n) is 4.02. The van der Waals surface area contributed by atoms with Crippen molar-refractivity contribution in [3.63, 3.8) is 0 Å². The fraction of sp³-hybridized carbons (Fsp3) is 0.0714. The molecule has 0 fully saturated rings. The van der Waals surface area contributed by atoms with E-state index in [2.05, 4.69) is 21.2 Å². The standard InChI is InChI=1S/C14H8BrF3N2/c15-10-1-2-11(16)9(5-10)7-20-14-12(17)3-8(6-19)4-13(14)18/h1-5,20H,7H2. The number of nitrogens with one attached hydrogen (secondary N) is 1. The Morgan fingerprint density at radius 2 is 1.70 bits per heavy atom. The zero-order chi connectivity index (χ0) is 14.7. The van der Waals surface area contributed by atoms with E-state index in [4.69, 9.17) is 5.26 Å². The molecular formula is C14H8BrF3N2. The Kier molecular flexibility index (Phi) is 4.30. The van der Waals surface area contributed by atoms with E-state index in [1.54, 1.807) is 6.07 Å². The van der Waals surface area contributed by atoms with Crippen LogP contribution in [0.25, 0.3) is 0 Å². The van der Waals surface area contributed by atoms with E-state index in [9.17, 15) is 13.2 Å². The first-order valence-electron chi connectivity index (χ1n) is 5.58. The van der Waals surface area contributed by atoms with Crippen molar-refractivity contribution in [2.24, 2.45) is 0 Å². The van der Waals surface area contributed by atoms with Crippen LogP contribution in [-0.2, 0) is 6.54 Å². The lowest BCUT2D eigenvalue weighted by atomic mass is 10.1. The topological polar surface area (TPSA) is 35.8 Å². The van der Waals surface area contributed by atoms with Crippen LogP contribution in [0.4, 0.5) is 18.9 Å². The van der Waals surface area contributed by atoms with Gasteiger partial charge in [0.25, 0.3) is 0 Å². The van der Waals surface area contributed by atoms with Crippen LogP contribution in [0.15, 0.2) is 34.8 Å². The number of hydrogen-bond acceptors (Lipinski definition) is 2. The summed E-state index contributed by atoms with van der Waals surface area (Å²) < 4.78 is 41.4. The van der Waals surface area contributed by atoms with E-state index < -0.39 is 17.5 Å². The summed E-state index contributed by atoms with van der Waals surface area (Å²) in [5.41, 5.74) is -0.231. The molecular weight excluding hydrogens is 333 g/mol. The smallest absolute Gasteiger partial charge is 0.150 e. The molecule has 6 heteroatoms. The molecule has 0 saturated carbocycles. The summed E-state index contributed by atoms with van der Waals surface area (Å²) in [7, 11) is 0. The molecule has 20 heavy (non-hydrogen) atoms. The Balaban J connectivity index is 2.23. The van der Waals surface area contributed by atoms with Gasteiger partial charge in [-0.3, -0.25) is 0 Å². The molecule has 2 aromatic rings. The summed E-state index contributed by atoms with van der Waals surface area (Å²) in [4.78, 5) is 0. The van der Waals surface area contributed by atoms with Crippen molar-refractivity contribution in [3.8, 4) is 6.07 Å². The third-order valence-electron chi connectivity index (χ3n) is 2.63. The van der Waals surface area contributed by atoms with Crippen molar-refractivity contribution in [1.29, 1.82) is 5.26 Å². The highest BCUT2D eigenvalue weighted by Gasteiger charge is 2.12. The van der Waals surface area contributed by atoms with E-state index in [1.165, 1.54) is 18.2 Å². The number of anilines is 1. The van der Waals surface area contributed by atoms with Crippen LogP contribution in [0.5, 0.6) is 0 Å². The maximum absolute atomic E-state index is 13.6. The highest BCUT2D eigenvalue weighted by Crippen LogP contribution is 2.22. The van der Waals surface area contributed by atoms with E-state index >= 15 is 0 Å². The molecule has 0 bridgehead atoms. The molecule has 0 aromatic heterocycles. The lowest BCUT2D eigenvalue weighted by Crippen LogP contribution is -2.06. The Bertz CT molecular complexity index is 672. The first-order chi connectivity index (χ1) is 9.51. The van der Waals surface area contributed by atoms with E-state index in [1.807, 2.05) is 0 Å². The summed E-state index contributed by atoms with van der Waals surface area (Å²) in [6, 6.07) is 7.79. The Morgan fingerprint density at radius 1 is 1.05 bits per heavy atom. The normalized spacial score (nSPS) is 10.2. The van der Waals surface area contributed by atoms with Gasteiger partial charge in [-0.05, 0) is 30.3 Å². The fourth-order valence-electron chi connectivity index (χ4n) is 1.67. The maximum Gasteiger partial charge on any atom is 0.150 e. The van der Waals surface area contributed by atoms with Gasteiger partial charge in [0.2, 0.25) is 0 Å². The van der Waals surface area contributed by atoms with Crippen LogP contribution in [0.1, 0.15) is 11.1 Å². The summed E-state index contributed by atoms with van der Waals surface area (Å²) in [6.45, 7) is -0.0784. The van der Waals surface area contributed by atoms with Crippen molar-refractivity contribution in [3.05, 3.63) is 63.4 Å². The van der Waals surface area contributed by atoms with Gasteiger partial charge in [0.1, 0.15) is 11.5 Å². The molecule has 0 aliphatic heterocycles. The zero-order valence-corrected chi connectivity index (χ0v) is 11.6. The maximum atomic E-state index is 13.6. The first-order valence-corrected chi connectivity index (χ1v) is 6.37. The predicted octanol–water partition coefficient (Wildman–Crippen LogP) is 4.35. The number of halogens is 4. The van der Waals surface area contributed by atoms with Crippen molar-refractivity contribution < 1.29 is 13.2 Å². The minimum Gasteiger partial charge on any atom is -0.376 e. The second kappa shape index (κ2) is 5.97. The Morgan fingerprint density at radius 3 is 2.30 bits per heavy atom. The fourth-order valence-corrected chi connectivity index (χ4v) is 2.08. The molecule has 2 nitrogen and oxygen atoms in total. The molecule has 2 aromatic carbocycles. The monoisotopic (exact) mass is 340 g/mol. The van der Waals surface area contributed by atoms with Gasteiger partial charge in [0.05, 0.1) is 11.6 Å². The average molecular weight is 341 g/mol. The van der Waals surface area contributed by atoms with Crippen molar-refractivity contribution in [2.45, 2.75) is 6.54 Å². The largest absolute Gasteiger partial charge is 0.376 e. The Labute approximate surface area is 122 Å². The number of rotatable bonds is 3. The van der Waals surface area contributed by atoms with Crippen molar-refractivity contribution in [1.82, 2.24) is 0 Å². The van der Waals surface area contributed by atoms with Crippen LogP contribution < -0.4 is 5.32 Å². The predicted molar refractivity (Wildman–Crippen MR) is 72.5 cm³/mol. The van der Waals surface area contributed by atoms with Gasteiger partial charge in [0, 0.05) is 16.6 Å². The molecule has 0 heterocycles. The van der Waals surface area contributed by atoms with Crippen LogP contribution in [0, 0.1) is 28.8 Å². The SMILES string of the molecule is N#Cc1cc(F)c(NCc2cc(Br)ccc2F)c(F)c1. The summed E-state index contributed by atoms with van der Waals surface area (Å²) in [5.74, 6) is -2.26. The van der Waals surface area contributed by atoms with Gasteiger partial charge in [-0.1, -0.05) is 15.9 Å². The molecule has 0 saturated heterocycles. The number of nitriles is 1. The van der Waals surface area contributed by atoms with Crippen LogP contribution >= 0.6 is 15.9 Å². The first kappa shape index (κ1) is 14.4. The van der Waals surface area contributed by atoms with Crippen LogP contribution in [0.2, 0.25) is 0 Å². The van der Waals surface area contributed by atoms with E-state index in [0.29, 0.717) is 4.47 Å². The van der Waals surface area contributed by atoms with E-state index in [-0.39, 0.29) is 23.4 Å². The van der Waals surface area contributed by atoms with Gasteiger partial charge < -0.3 is 5.32 Å². The van der Waals surface area contributed by atoms with Crippen molar-refractivity contribution in [2.75, 3.05) is 5.32 Å². The van der Waals surface area contributed by atoms with Gasteiger partial charge in [-0.25, -0.2) is 13.2 Å². The van der Waals surface area contributed by atoms with Crippen LogP contribution in [0.3, 0.4) is 0 Å². The average Bonchev–Trinajstić information content (AvgIpc) is 2.41. The second-order valence-corrected chi connectivity index (χ2v) is 4.93. The lowest BCUT2D eigenvalue weighted by Gasteiger charge is -2.10. The molecule has 0 atom stereocenters. The third-order valence-corrected chi connectivity index (χ3v) is 3.13. The Hall–Kier alpha value is -2.00. The molecule has 1 N–H and O–H groups in total. The number of nitrogens with zero attached hydrogens (tertiary/aromatic N) is 1. The molecule has 0 unspecified atom stereocenters. The molecule has 2 rings (SSSR count). The lowest BCUT2D eigenvalue weighted by molar-refractivity contribution is 0.584. The summed E-state index contributed by atoms with van der Waals surface area (Å²) >= 11 is 3.19. The highest BCUT2D eigenvalue weighted by molar-refractivity contribution is 9.10. The van der Waals surface area contributed by atoms with Gasteiger partial charge in [-0.2, -0.15) is 5.26 Å². The zero-order valence-electron chi connectivity index (χ0n) is 10.1. The quantitative estimate of drug-likeness (QED) is 0.901. The minimum atomic E-state index is -0.892. The molecule has 0 amide bonds. The summed E-state index contributed by atoms with van der Waals surface area (Å²) in [6.07, 6.45) is 0. The summed E-state index contributed by atoms with van der Waals surface area (Å²) in [5, 5.41) is 11.1. The molecule has 102 valence electrons. The highest BCUT2D eigenvalue weighted by atomic mass is 79.9. The van der Waals surface area contributed by atoms with Gasteiger partial charge >= 0.3 is 0 Å². The molecule has 0 aliphatic carbocycles. The minimum absolute atomic E-state index is 0.0784. The molecule has 0 aliphatic rings. The van der Waals surface area contributed by atoms with Crippen LogP contribution in [-0.4, -0.2) is 0 Å². The van der Waals surface area contributed by atoms with E-state index in [0.717, 1.165) is 12.1 Å². The van der Waals surface area contributed by atoms with Crippen molar-refractivity contribution >= 4 is 21.6 Å². The number of benzene rings is 2.